The lowest BCUT2D eigenvalue weighted by Crippen LogP contribution is -2.22. The minimum absolute atomic E-state index is 0.146. The summed E-state index contributed by atoms with van der Waals surface area (Å²) in [6, 6.07) is 14.9. The summed E-state index contributed by atoms with van der Waals surface area (Å²) in [5, 5.41) is 5.46. The van der Waals surface area contributed by atoms with E-state index < -0.39 is 21.5 Å². The normalized spacial score (nSPS) is 13.3. The first kappa shape index (κ1) is 18.3. The lowest BCUT2D eigenvalue weighted by Gasteiger charge is -2.05. The monoisotopic (exact) mass is 422 g/mol. The van der Waals surface area contributed by atoms with Crippen molar-refractivity contribution in [1.29, 1.82) is 0 Å². The number of fused-ring (bicyclic) bond motifs is 2. The number of hydrogen-bond acceptors (Lipinski definition) is 5. The zero-order chi connectivity index (χ0) is 20.2. The van der Waals surface area contributed by atoms with Gasteiger partial charge in [0.2, 0.25) is 5.91 Å². The van der Waals surface area contributed by atoms with Crippen molar-refractivity contribution in [2.75, 3.05) is 11.1 Å². The number of benzene rings is 3. The molecular formula is C22H18N2O3S2. The van der Waals surface area contributed by atoms with E-state index in [2.05, 4.69) is 28.5 Å². The molecule has 0 saturated carbocycles. The van der Waals surface area contributed by atoms with Crippen molar-refractivity contribution in [3.05, 3.63) is 65.2 Å². The third-order valence-corrected chi connectivity index (χ3v) is 7.85. The zero-order valence-electron chi connectivity index (χ0n) is 15.7. The molecule has 4 aromatic rings. The largest absolute Gasteiger partial charge is 0.301 e. The predicted molar refractivity (Wildman–Crippen MR) is 116 cm³/mol. The highest BCUT2D eigenvalue weighted by atomic mass is 32.2. The first-order chi connectivity index (χ1) is 13.9. The fourth-order valence-corrected chi connectivity index (χ4v) is 6.01. The van der Waals surface area contributed by atoms with Crippen molar-refractivity contribution in [2.45, 2.75) is 24.7 Å². The number of sulfone groups is 1. The maximum absolute atomic E-state index is 12.5. The molecule has 0 saturated heterocycles. The van der Waals surface area contributed by atoms with Crippen LogP contribution in [0.15, 0.2) is 53.4 Å². The van der Waals surface area contributed by atoms with Crippen molar-refractivity contribution in [3.8, 4) is 0 Å². The van der Waals surface area contributed by atoms with Crippen molar-refractivity contribution in [3.63, 3.8) is 0 Å². The Bertz CT molecular complexity index is 1390. The van der Waals surface area contributed by atoms with Gasteiger partial charge in [-0.3, -0.25) is 4.79 Å². The van der Waals surface area contributed by atoms with Crippen LogP contribution in [-0.2, 0) is 27.5 Å². The number of aromatic nitrogens is 1. The number of aryl methyl sites for hydroxylation is 3. The number of rotatable bonds is 4. The minimum atomic E-state index is -3.70. The number of anilines is 1. The molecular weight excluding hydrogens is 404 g/mol. The van der Waals surface area contributed by atoms with Gasteiger partial charge in [0, 0.05) is 5.39 Å². The topological polar surface area (TPSA) is 76.1 Å². The van der Waals surface area contributed by atoms with E-state index in [0.717, 1.165) is 34.0 Å². The Morgan fingerprint density at radius 1 is 1.10 bits per heavy atom. The molecule has 1 aliphatic rings. The van der Waals surface area contributed by atoms with Crippen LogP contribution in [0.2, 0.25) is 0 Å². The summed E-state index contributed by atoms with van der Waals surface area (Å²) in [4.78, 5) is 17.2. The summed E-state index contributed by atoms with van der Waals surface area (Å²) in [5.41, 5.74) is 4.47. The Hall–Kier alpha value is -2.77. The lowest BCUT2D eigenvalue weighted by atomic mass is 10.0. The van der Waals surface area contributed by atoms with E-state index in [-0.39, 0.29) is 4.90 Å². The average Bonchev–Trinajstić information content (AvgIpc) is 3.27. The molecule has 0 aliphatic heterocycles. The Balaban J connectivity index is 1.43. The smallest absolute Gasteiger partial charge is 0.241 e. The Morgan fingerprint density at radius 2 is 1.86 bits per heavy atom. The molecule has 1 aromatic heterocycles. The molecule has 0 unspecified atom stereocenters. The van der Waals surface area contributed by atoms with Gasteiger partial charge in [0.15, 0.2) is 15.0 Å². The maximum atomic E-state index is 12.5. The van der Waals surface area contributed by atoms with Crippen LogP contribution in [0.1, 0.15) is 16.7 Å². The van der Waals surface area contributed by atoms with Gasteiger partial charge in [0.05, 0.1) is 15.1 Å². The van der Waals surface area contributed by atoms with Crippen LogP contribution in [0.3, 0.4) is 0 Å². The van der Waals surface area contributed by atoms with E-state index >= 15 is 0 Å². The first-order valence-corrected chi connectivity index (χ1v) is 11.8. The van der Waals surface area contributed by atoms with Gasteiger partial charge in [-0.25, -0.2) is 13.4 Å². The molecule has 1 heterocycles. The van der Waals surface area contributed by atoms with E-state index in [4.69, 9.17) is 0 Å². The van der Waals surface area contributed by atoms with Gasteiger partial charge in [-0.15, -0.1) is 0 Å². The standard InChI is InChI=1S/C22H18N2O3S2/c1-13-5-9-16(10-6-13)29(26,27)12-19(25)23-22-24-21-17-4-2-3-14-7-8-15(20(14)17)11-18(21)28-22/h2-6,9-11H,7-8,12H2,1H3,(H,23,24,25). The zero-order valence-corrected chi connectivity index (χ0v) is 17.4. The number of nitrogens with zero attached hydrogens (tertiary/aromatic N) is 1. The second-order valence-electron chi connectivity index (χ2n) is 7.36. The number of amides is 1. The molecule has 0 bridgehead atoms. The van der Waals surface area contributed by atoms with E-state index in [9.17, 15) is 13.2 Å². The molecule has 29 heavy (non-hydrogen) atoms. The lowest BCUT2D eigenvalue weighted by molar-refractivity contribution is -0.113. The van der Waals surface area contributed by atoms with Crippen LogP contribution < -0.4 is 5.32 Å². The van der Waals surface area contributed by atoms with Gasteiger partial charge in [-0.2, -0.15) is 0 Å². The van der Waals surface area contributed by atoms with Gasteiger partial charge in [0.25, 0.3) is 0 Å². The van der Waals surface area contributed by atoms with E-state index in [1.54, 1.807) is 12.1 Å². The fourth-order valence-electron chi connectivity index (χ4n) is 3.92. The van der Waals surface area contributed by atoms with Crippen molar-refractivity contribution in [1.82, 2.24) is 4.98 Å². The van der Waals surface area contributed by atoms with Gasteiger partial charge in [0.1, 0.15) is 5.75 Å². The molecule has 146 valence electrons. The number of nitrogens with one attached hydrogen (secondary N) is 1. The van der Waals surface area contributed by atoms with E-state index in [1.807, 2.05) is 13.0 Å². The molecule has 0 radical (unpaired) electrons. The second kappa shape index (κ2) is 6.64. The van der Waals surface area contributed by atoms with Gasteiger partial charge in [-0.1, -0.05) is 47.2 Å². The van der Waals surface area contributed by atoms with E-state index in [1.165, 1.54) is 40.0 Å². The second-order valence-corrected chi connectivity index (χ2v) is 10.4. The summed E-state index contributed by atoms with van der Waals surface area (Å²) in [7, 11) is -3.70. The molecule has 0 spiro atoms. The number of thiazole rings is 1. The van der Waals surface area contributed by atoms with Crippen molar-refractivity contribution >= 4 is 53.2 Å². The molecule has 7 heteroatoms. The summed E-state index contributed by atoms with van der Waals surface area (Å²) in [6.07, 6.45) is 2.06. The van der Waals surface area contributed by atoms with Crippen molar-refractivity contribution in [2.24, 2.45) is 0 Å². The summed E-state index contributed by atoms with van der Waals surface area (Å²) in [6.45, 7) is 1.88. The van der Waals surface area contributed by atoms with Crippen LogP contribution in [0.4, 0.5) is 5.13 Å². The molecule has 5 rings (SSSR count). The van der Waals surface area contributed by atoms with Crippen LogP contribution in [0.5, 0.6) is 0 Å². The molecule has 1 amide bonds. The highest BCUT2D eigenvalue weighted by Gasteiger charge is 2.22. The van der Waals surface area contributed by atoms with Crippen LogP contribution >= 0.6 is 11.3 Å². The average molecular weight is 423 g/mol. The summed E-state index contributed by atoms with van der Waals surface area (Å²) < 4.78 is 26.0. The molecule has 5 nitrogen and oxygen atoms in total. The van der Waals surface area contributed by atoms with Gasteiger partial charge < -0.3 is 5.32 Å². The van der Waals surface area contributed by atoms with Crippen LogP contribution in [-0.4, -0.2) is 25.1 Å². The van der Waals surface area contributed by atoms with Gasteiger partial charge in [-0.05, 0) is 54.5 Å². The SMILES string of the molecule is Cc1ccc(S(=O)(=O)CC(=O)Nc2nc3c(cc4c5c(cccc53)CC4)s2)cc1. The van der Waals surface area contributed by atoms with Gasteiger partial charge >= 0.3 is 0 Å². The summed E-state index contributed by atoms with van der Waals surface area (Å²) >= 11 is 1.38. The summed E-state index contributed by atoms with van der Waals surface area (Å²) in [5.74, 6) is -1.19. The first-order valence-electron chi connectivity index (χ1n) is 9.34. The number of hydrogen-bond donors (Lipinski definition) is 1. The third kappa shape index (κ3) is 3.20. The maximum Gasteiger partial charge on any atom is 0.241 e. The molecule has 0 fully saturated rings. The molecule has 0 atom stereocenters. The highest BCUT2D eigenvalue weighted by Crippen LogP contribution is 2.39. The fraction of sp³-hybridized carbons (Fsp3) is 0.182. The number of carbonyl (C=O) groups is 1. The quantitative estimate of drug-likeness (QED) is 0.533. The third-order valence-electron chi connectivity index (χ3n) is 5.30. The number of carbonyl (C=O) groups excluding carboxylic acids is 1. The Labute approximate surface area is 172 Å². The Kier molecular flexibility index (Phi) is 4.18. The molecule has 3 aromatic carbocycles. The molecule has 1 N–H and O–H groups in total. The highest BCUT2D eigenvalue weighted by molar-refractivity contribution is 7.92. The van der Waals surface area contributed by atoms with Crippen LogP contribution in [0, 0.1) is 6.92 Å². The van der Waals surface area contributed by atoms with Crippen molar-refractivity contribution < 1.29 is 13.2 Å². The predicted octanol–water partition coefficient (Wildman–Crippen LogP) is 4.27. The van der Waals surface area contributed by atoms with Crippen LogP contribution in [0.25, 0.3) is 21.0 Å². The minimum Gasteiger partial charge on any atom is -0.301 e. The van der Waals surface area contributed by atoms with E-state index in [0.29, 0.717) is 5.13 Å². The Morgan fingerprint density at radius 3 is 2.66 bits per heavy atom. The molecule has 1 aliphatic carbocycles.